The fourth-order valence-electron chi connectivity index (χ4n) is 4.07. The van der Waals surface area contributed by atoms with Gasteiger partial charge in [0, 0.05) is 32.2 Å². The van der Waals surface area contributed by atoms with E-state index in [0.29, 0.717) is 29.4 Å². The summed E-state index contributed by atoms with van der Waals surface area (Å²) in [4.78, 5) is 12.9. The highest BCUT2D eigenvalue weighted by molar-refractivity contribution is 6.28. The summed E-state index contributed by atoms with van der Waals surface area (Å²) in [6.07, 6.45) is -2.39. The number of hydrogen-bond donors (Lipinski definition) is 1. The van der Waals surface area contributed by atoms with E-state index in [1.165, 1.54) is 16.8 Å². The largest absolute Gasteiger partial charge is 0.416 e. The Kier molecular flexibility index (Phi) is 4.60. The van der Waals surface area contributed by atoms with Crippen molar-refractivity contribution < 1.29 is 18.3 Å². The lowest BCUT2D eigenvalue weighted by molar-refractivity contribution is -0.137. The highest BCUT2D eigenvalue weighted by Crippen LogP contribution is 2.33. The number of β-amino-alcohol motifs (C(OH)–C–C–N with tert-alkyl or cyclic N) is 1. The lowest BCUT2D eigenvalue weighted by Gasteiger charge is -2.44. The number of halogens is 4. The normalized spacial score (nSPS) is 20.8. The molecule has 1 atom stereocenters. The van der Waals surface area contributed by atoms with E-state index in [0.717, 1.165) is 38.2 Å². The van der Waals surface area contributed by atoms with Crippen LogP contribution in [0.5, 0.6) is 0 Å². The zero-order chi connectivity index (χ0) is 21.0. The molecule has 5 rings (SSSR count). The molecule has 7 nitrogen and oxygen atoms in total. The van der Waals surface area contributed by atoms with E-state index in [9.17, 15) is 18.3 Å². The summed E-state index contributed by atoms with van der Waals surface area (Å²) >= 11 is 6.14. The Morgan fingerprint density at radius 1 is 1.13 bits per heavy atom. The van der Waals surface area contributed by atoms with Crippen LogP contribution in [0.15, 0.2) is 30.5 Å². The molecule has 0 unspecified atom stereocenters. The molecule has 30 heavy (non-hydrogen) atoms. The lowest BCUT2D eigenvalue weighted by Crippen LogP contribution is -2.59. The van der Waals surface area contributed by atoms with Crippen molar-refractivity contribution >= 4 is 28.5 Å². The second kappa shape index (κ2) is 7.07. The molecular weight excluding hydrogens is 421 g/mol. The molecule has 0 bridgehead atoms. The van der Waals surface area contributed by atoms with Crippen molar-refractivity contribution in [3.8, 4) is 5.69 Å². The molecule has 2 aromatic heterocycles. The Labute approximate surface area is 174 Å². The number of likely N-dealkylation sites (tertiary alicyclic amines) is 1. The van der Waals surface area contributed by atoms with Crippen LogP contribution in [0.25, 0.3) is 16.7 Å². The quantitative estimate of drug-likeness (QED) is 0.634. The Balaban J connectivity index is 1.46. The van der Waals surface area contributed by atoms with Crippen molar-refractivity contribution in [3.63, 3.8) is 0 Å². The van der Waals surface area contributed by atoms with E-state index in [4.69, 9.17) is 11.6 Å². The maximum Gasteiger partial charge on any atom is 0.416 e. The molecule has 158 valence electrons. The zero-order valence-corrected chi connectivity index (χ0v) is 16.5. The van der Waals surface area contributed by atoms with E-state index >= 15 is 0 Å². The molecule has 0 saturated carbocycles. The number of hydrogen-bond acceptors (Lipinski definition) is 6. The van der Waals surface area contributed by atoms with E-state index in [1.54, 1.807) is 6.20 Å². The van der Waals surface area contributed by atoms with Gasteiger partial charge in [-0.15, -0.1) is 0 Å². The fraction of sp³-hybridized carbons (Fsp3) is 0.421. The van der Waals surface area contributed by atoms with Crippen molar-refractivity contribution in [1.82, 2.24) is 24.6 Å². The summed E-state index contributed by atoms with van der Waals surface area (Å²) in [5.41, 5.74) is -0.167. The molecular formula is C19H18ClF3N6O. The zero-order valence-electron chi connectivity index (χ0n) is 15.7. The minimum absolute atomic E-state index is 0.00581. The molecule has 2 fully saturated rings. The number of rotatable bonds is 3. The second-order valence-electron chi connectivity index (χ2n) is 7.65. The van der Waals surface area contributed by atoms with Gasteiger partial charge in [0.05, 0.1) is 28.9 Å². The number of aliphatic hydroxyl groups is 1. The first-order chi connectivity index (χ1) is 14.3. The first kappa shape index (κ1) is 19.5. The summed E-state index contributed by atoms with van der Waals surface area (Å²) in [5, 5.41) is 14.6. The number of aliphatic hydroxyl groups excluding tert-OH is 1. The molecule has 3 aromatic rings. The third kappa shape index (κ3) is 3.38. The smallest absolute Gasteiger partial charge is 0.392 e. The molecule has 0 aliphatic carbocycles. The van der Waals surface area contributed by atoms with Crippen LogP contribution in [-0.4, -0.2) is 68.1 Å². The van der Waals surface area contributed by atoms with E-state index in [-0.39, 0.29) is 17.1 Å². The Hall–Kier alpha value is -2.43. The number of aromatic nitrogens is 4. The SMILES string of the molecule is O[C@@H]1CCN(C2CN(c3nc(Cl)nc4c3cnn4-c3cccc(C(F)(F)F)c3)C2)C1. The number of alkyl halides is 3. The summed E-state index contributed by atoms with van der Waals surface area (Å²) in [5.74, 6) is 0.610. The Morgan fingerprint density at radius 3 is 2.63 bits per heavy atom. The highest BCUT2D eigenvalue weighted by atomic mass is 35.5. The van der Waals surface area contributed by atoms with Gasteiger partial charge >= 0.3 is 6.18 Å². The third-order valence-electron chi connectivity index (χ3n) is 5.67. The van der Waals surface area contributed by atoms with Crippen LogP contribution in [-0.2, 0) is 6.18 Å². The lowest BCUT2D eigenvalue weighted by atomic mass is 10.1. The van der Waals surface area contributed by atoms with Crippen LogP contribution in [0.2, 0.25) is 5.28 Å². The van der Waals surface area contributed by atoms with Crippen molar-refractivity contribution in [2.45, 2.75) is 24.7 Å². The summed E-state index contributed by atoms with van der Waals surface area (Å²) in [7, 11) is 0. The predicted octanol–water partition coefficient (Wildman–Crippen LogP) is 2.74. The van der Waals surface area contributed by atoms with Crippen molar-refractivity contribution in [1.29, 1.82) is 0 Å². The van der Waals surface area contributed by atoms with Crippen LogP contribution < -0.4 is 4.90 Å². The van der Waals surface area contributed by atoms with Crippen LogP contribution in [0, 0.1) is 0 Å². The van der Waals surface area contributed by atoms with Gasteiger partial charge in [0.25, 0.3) is 0 Å². The van der Waals surface area contributed by atoms with Crippen LogP contribution >= 0.6 is 11.6 Å². The van der Waals surface area contributed by atoms with Crippen LogP contribution in [0.4, 0.5) is 19.0 Å². The molecule has 2 aliphatic heterocycles. The summed E-state index contributed by atoms with van der Waals surface area (Å²) in [6, 6.07) is 5.23. The molecule has 0 radical (unpaired) electrons. The van der Waals surface area contributed by atoms with Crippen molar-refractivity contribution in [2.75, 3.05) is 31.1 Å². The summed E-state index contributed by atoms with van der Waals surface area (Å²) < 4.78 is 40.6. The molecule has 2 saturated heterocycles. The van der Waals surface area contributed by atoms with Gasteiger partial charge in [-0.2, -0.15) is 28.2 Å². The minimum atomic E-state index is -4.45. The van der Waals surface area contributed by atoms with Gasteiger partial charge in [0.1, 0.15) is 5.82 Å². The maximum absolute atomic E-state index is 13.1. The molecule has 1 N–H and O–H groups in total. The van der Waals surface area contributed by atoms with Gasteiger partial charge in [0.2, 0.25) is 5.28 Å². The average Bonchev–Trinajstić information content (AvgIpc) is 3.26. The van der Waals surface area contributed by atoms with Gasteiger partial charge in [-0.1, -0.05) is 6.07 Å². The van der Waals surface area contributed by atoms with Gasteiger partial charge < -0.3 is 10.0 Å². The van der Waals surface area contributed by atoms with E-state index < -0.39 is 11.7 Å². The summed E-state index contributed by atoms with van der Waals surface area (Å²) in [6.45, 7) is 2.99. The topological polar surface area (TPSA) is 70.3 Å². The molecule has 0 amide bonds. The molecule has 1 aromatic carbocycles. The standard InChI is InChI=1S/C19H18ClF3N6O/c20-18-25-16(28-8-13(9-28)27-5-4-14(30)10-27)15-7-24-29(17(15)26-18)12-3-1-2-11(6-12)19(21,22)23/h1-3,6-7,13-14,30H,4-5,8-10H2/t14-/m1/s1. The number of fused-ring (bicyclic) bond motifs is 1. The van der Waals surface area contributed by atoms with Gasteiger partial charge in [-0.25, -0.2) is 4.68 Å². The fourth-order valence-corrected chi connectivity index (χ4v) is 4.23. The predicted molar refractivity (Wildman–Crippen MR) is 105 cm³/mol. The van der Waals surface area contributed by atoms with Crippen molar-refractivity contribution in [3.05, 3.63) is 41.3 Å². The maximum atomic E-state index is 13.1. The Morgan fingerprint density at radius 2 is 1.93 bits per heavy atom. The first-order valence-electron chi connectivity index (χ1n) is 9.55. The van der Waals surface area contributed by atoms with Crippen LogP contribution in [0.1, 0.15) is 12.0 Å². The number of nitrogens with zero attached hydrogens (tertiary/aromatic N) is 6. The minimum Gasteiger partial charge on any atom is -0.392 e. The van der Waals surface area contributed by atoms with Gasteiger partial charge in [0.15, 0.2) is 5.65 Å². The van der Waals surface area contributed by atoms with Crippen LogP contribution in [0.3, 0.4) is 0 Å². The monoisotopic (exact) mass is 438 g/mol. The highest BCUT2D eigenvalue weighted by Gasteiger charge is 2.37. The van der Waals surface area contributed by atoms with Crippen molar-refractivity contribution in [2.24, 2.45) is 0 Å². The molecule has 2 aliphatic rings. The van der Waals surface area contributed by atoms with E-state index in [1.807, 2.05) is 4.90 Å². The molecule has 0 spiro atoms. The second-order valence-corrected chi connectivity index (χ2v) is 7.99. The van der Waals surface area contributed by atoms with Gasteiger partial charge in [-0.05, 0) is 36.2 Å². The molecule has 11 heteroatoms. The van der Waals surface area contributed by atoms with Gasteiger partial charge in [-0.3, -0.25) is 4.90 Å². The first-order valence-corrected chi connectivity index (χ1v) is 9.93. The third-order valence-corrected chi connectivity index (χ3v) is 5.84. The number of benzene rings is 1. The average molecular weight is 439 g/mol. The molecule has 4 heterocycles. The van der Waals surface area contributed by atoms with E-state index in [2.05, 4.69) is 20.0 Å². The number of anilines is 1. The Bertz CT molecular complexity index is 1100.